The molecular weight excluding hydrogens is 364 g/mol. The fourth-order valence-corrected chi connectivity index (χ4v) is 5.57. The maximum absolute atomic E-state index is 12.8. The molecule has 1 unspecified atom stereocenters. The molecule has 4 rings (SSSR count). The first-order valence-corrected chi connectivity index (χ1v) is 11.2. The van der Waals surface area contributed by atoms with Crippen LogP contribution < -0.4 is 0 Å². The van der Waals surface area contributed by atoms with Crippen LogP contribution in [0.5, 0.6) is 0 Å². The summed E-state index contributed by atoms with van der Waals surface area (Å²) < 4.78 is 7.27. The van der Waals surface area contributed by atoms with Gasteiger partial charge in [0.1, 0.15) is 5.38 Å². The maximum atomic E-state index is 12.8. The van der Waals surface area contributed by atoms with Gasteiger partial charge in [0.05, 0.1) is 5.56 Å². The van der Waals surface area contributed by atoms with Crippen LogP contribution in [0.2, 0.25) is 0 Å². The third kappa shape index (κ3) is 3.84. The third-order valence-corrected chi connectivity index (χ3v) is 7.21. The number of hydrogen-bond acceptors (Lipinski definition) is 2. The molecule has 1 atom stereocenters. The van der Waals surface area contributed by atoms with Gasteiger partial charge < -0.3 is 4.74 Å². The van der Waals surface area contributed by atoms with Crippen molar-refractivity contribution >= 4 is 26.5 Å². The molecule has 2 aromatic carbocycles. The van der Waals surface area contributed by atoms with E-state index < -0.39 is 5.60 Å². The summed E-state index contributed by atoms with van der Waals surface area (Å²) in [6.45, 7) is 4.12. The number of ether oxygens (including phenoxy) is 1. The Bertz CT molecular complexity index is 1040. The summed E-state index contributed by atoms with van der Waals surface area (Å²) in [5.74, 6) is 6.48. The highest BCUT2D eigenvalue weighted by Crippen LogP contribution is 2.39. The fraction of sp³-hybridized carbons (Fsp3) is 0.320. The van der Waals surface area contributed by atoms with E-state index in [1.807, 2.05) is 24.3 Å². The number of hydrogen-bond donors (Lipinski definition) is 0. The molecule has 3 heteroatoms. The number of benzene rings is 2. The Morgan fingerprint density at radius 2 is 1.75 bits per heavy atom. The first-order valence-electron chi connectivity index (χ1n) is 9.93. The van der Waals surface area contributed by atoms with E-state index in [0.717, 1.165) is 25.7 Å². The van der Waals surface area contributed by atoms with Gasteiger partial charge in [0.15, 0.2) is 15.2 Å². The zero-order valence-electron chi connectivity index (χ0n) is 16.4. The molecule has 1 aromatic heterocycles. The summed E-state index contributed by atoms with van der Waals surface area (Å²) in [5, 5.41) is 3.52. The van der Waals surface area contributed by atoms with E-state index >= 15 is 0 Å². The Balaban J connectivity index is 1.55. The monoisotopic (exact) mass is 389 g/mol. The Kier molecular flexibility index (Phi) is 5.24. The zero-order chi connectivity index (χ0) is 19.6. The Hall–Kier alpha value is -2.57. The maximum Gasteiger partial charge on any atom is 0.339 e. The molecule has 1 fully saturated rings. The number of rotatable bonds is 3. The molecular formula is C25H25O2S+. The lowest BCUT2D eigenvalue weighted by molar-refractivity contribution is 0.0103. The molecule has 0 aliphatic heterocycles. The van der Waals surface area contributed by atoms with E-state index in [0.29, 0.717) is 5.56 Å². The predicted molar refractivity (Wildman–Crippen MR) is 117 cm³/mol. The lowest BCUT2D eigenvalue weighted by Crippen LogP contribution is -2.30. The third-order valence-electron chi connectivity index (χ3n) is 5.17. The van der Waals surface area contributed by atoms with Crippen molar-refractivity contribution in [2.45, 2.75) is 45.1 Å². The molecule has 3 aromatic rings. The fourth-order valence-electron chi connectivity index (χ4n) is 3.69. The molecule has 0 saturated heterocycles. The Morgan fingerprint density at radius 3 is 2.46 bits per heavy atom. The summed E-state index contributed by atoms with van der Waals surface area (Å²) in [6.07, 6.45) is 3.80. The molecule has 1 saturated carbocycles. The summed E-state index contributed by atoms with van der Waals surface area (Å²) in [7, 11) is -0.0627. The second-order valence-corrected chi connectivity index (χ2v) is 9.58. The first kappa shape index (κ1) is 18.8. The summed E-state index contributed by atoms with van der Waals surface area (Å²) in [6, 6.07) is 18.5. The highest BCUT2D eigenvalue weighted by atomic mass is 32.2. The minimum atomic E-state index is -0.602. The van der Waals surface area contributed by atoms with Crippen LogP contribution in [0.4, 0.5) is 0 Å². The van der Waals surface area contributed by atoms with Gasteiger partial charge in [-0.3, -0.25) is 0 Å². The van der Waals surface area contributed by atoms with Crippen LogP contribution in [-0.4, -0.2) is 11.6 Å². The van der Waals surface area contributed by atoms with E-state index in [1.54, 1.807) is 0 Å². The van der Waals surface area contributed by atoms with E-state index in [2.05, 4.69) is 61.4 Å². The van der Waals surface area contributed by atoms with Crippen LogP contribution in [0.25, 0.3) is 15.0 Å². The normalized spacial score (nSPS) is 16.0. The molecule has 0 amide bonds. The van der Waals surface area contributed by atoms with Crippen molar-refractivity contribution in [2.75, 3.05) is 0 Å². The standard InChI is InChI=1S/C25H25O2S/c1-19(2)13-17-25(15-5-6-16-25)27-24(26)21-9-11-22(12-10-21)28-18-14-20-7-3-4-8-23(20)28/h3-4,7-12,14,18-19H,5-6,15-16H2,1-2H3/q+1. The van der Waals surface area contributed by atoms with Gasteiger partial charge in [-0.05, 0) is 62.1 Å². The van der Waals surface area contributed by atoms with Crippen LogP contribution in [0.3, 0.4) is 0 Å². The van der Waals surface area contributed by atoms with Crippen molar-refractivity contribution in [1.29, 1.82) is 0 Å². The largest absolute Gasteiger partial charge is 0.442 e. The lowest BCUT2D eigenvalue weighted by Gasteiger charge is -2.23. The molecule has 1 heterocycles. The molecule has 0 N–H and O–H groups in total. The number of fused-ring (bicyclic) bond motifs is 1. The molecule has 142 valence electrons. The van der Waals surface area contributed by atoms with Crippen molar-refractivity contribution in [1.82, 2.24) is 0 Å². The SMILES string of the molecule is CC(C)C#CC1(OC(=O)c2ccc(-[s+]3ccc4ccccc43)cc2)CCCC1. The molecule has 1 aliphatic rings. The van der Waals surface area contributed by atoms with Crippen LogP contribution in [0.15, 0.2) is 60.0 Å². The second-order valence-electron chi connectivity index (χ2n) is 7.72. The van der Waals surface area contributed by atoms with Crippen LogP contribution in [0.1, 0.15) is 49.9 Å². The molecule has 28 heavy (non-hydrogen) atoms. The van der Waals surface area contributed by atoms with Crippen molar-refractivity contribution in [3.05, 3.63) is 65.5 Å². The summed E-state index contributed by atoms with van der Waals surface area (Å²) in [5.41, 5.74) is -0.00373. The Labute approximate surface area is 169 Å². The van der Waals surface area contributed by atoms with Crippen LogP contribution >= 0.6 is 10.5 Å². The number of carbonyl (C=O) groups is 1. The van der Waals surface area contributed by atoms with Gasteiger partial charge in [0.25, 0.3) is 0 Å². The molecule has 2 nitrogen and oxygen atoms in total. The van der Waals surface area contributed by atoms with Crippen LogP contribution in [-0.2, 0) is 4.74 Å². The van der Waals surface area contributed by atoms with Crippen molar-refractivity contribution in [2.24, 2.45) is 5.92 Å². The average Bonchev–Trinajstić information content (AvgIpc) is 3.34. The van der Waals surface area contributed by atoms with E-state index in [4.69, 9.17) is 4.74 Å². The molecule has 1 aliphatic carbocycles. The first-order chi connectivity index (χ1) is 13.6. The van der Waals surface area contributed by atoms with E-state index in [1.165, 1.54) is 15.0 Å². The van der Waals surface area contributed by atoms with E-state index in [-0.39, 0.29) is 22.4 Å². The predicted octanol–water partition coefficient (Wildman–Crippen LogP) is 6.71. The van der Waals surface area contributed by atoms with E-state index in [9.17, 15) is 4.79 Å². The van der Waals surface area contributed by atoms with Gasteiger partial charge >= 0.3 is 5.97 Å². The average molecular weight is 390 g/mol. The van der Waals surface area contributed by atoms with Gasteiger partial charge in [-0.1, -0.05) is 37.8 Å². The minimum absolute atomic E-state index is 0.0627. The highest BCUT2D eigenvalue weighted by molar-refractivity contribution is 7.43. The smallest absolute Gasteiger partial charge is 0.339 e. The minimum Gasteiger partial charge on any atom is -0.442 e. The number of carbonyl (C=O) groups excluding carboxylic acids is 1. The molecule has 0 spiro atoms. The Morgan fingerprint density at radius 1 is 1.04 bits per heavy atom. The van der Waals surface area contributed by atoms with Gasteiger partial charge in [0, 0.05) is 27.8 Å². The topological polar surface area (TPSA) is 26.3 Å². The lowest BCUT2D eigenvalue weighted by atomic mass is 10.0. The highest BCUT2D eigenvalue weighted by Gasteiger charge is 2.36. The molecule has 0 radical (unpaired) electrons. The van der Waals surface area contributed by atoms with Crippen LogP contribution in [0, 0.1) is 17.8 Å². The van der Waals surface area contributed by atoms with Gasteiger partial charge in [0.2, 0.25) is 0 Å². The van der Waals surface area contributed by atoms with Crippen molar-refractivity contribution in [3.8, 4) is 16.7 Å². The second kappa shape index (κ2) is 7.81. The summed E-state index contributed by atoms with van der Waals surface area (Å²) in [4.78, 5) is 14.0. The number of esters is 1. The number of thiophene rings is 1. The summed E-state index contributed by atoms with van der Waals surface area (Å²) >= 11 is 0. The van der Waals surface area contributed by atoms with Gasteiger partial charge in [-0.2, -0.15) is 0 Å². The quantitative estimate of drug-likeness (QED) is 0.283. The van der Waals surface area contributed by atoms with Gasteiger partial charge in [-0.25, -0.2) is 4.79 Å². The van der Waals surface area contributed by atoms with Crippen molar-refractivity contribution < 1.29 is 9.53 Å². The molecule has 0 bridgehead atoms. The zero-order valence-corrected chi connectivity index (χ0v) is 17.2. The van der Waals surface area contributed by atoms with Crippen molar-refractivity contribution in [3.63, 3.8) is 0 Å². The van der Waals surface area contributed by atoms with Gasteiger partial charge in [-0.15, -0.1) is 0 Å².